The van der Waals surface area contributed by atoms with Crippen LogP contribution >= 0.6 is 0 Å². The lowest BCUT2D eigenvalue weighted by molar-refractivity contribution is -0.140. The summed E-state index contributed by atoms with van der Waals surface area (Å²) in [6, 6.07) is 1.96. The molecule has 5 nitrogen and oxygen atoms in total. The smallest absolute Gasteiger partial charge is 0.419 e. The number of carbonyl (C=O) groups excluding carboxylic acids is 2. The van der Waals surface area contributed by atoms with Crippen molar-refractivity contribution < 1.29 is 31.9 Å². The molecule has 0 bridgehead atoms. The van der Waals surface area contributed by atoms with Gasteiger partial charge in [-0.05, 0) is 25.1 Å². The van der Waals surface area contributed by atoms with E-state index in [9.17, 15) is 27.2 Å². The molecule has 0 atom stereocenters. The van der Waals surface area contributed by atoms with Crippen LogP contribution in [0.4, 0.5) is 23.2 Å². The lowest BCUT2D eigenvalue weighted by Crippen LogP contribution is -2.20. The number of benzene rings is 1. The van der Waals surface area contributed by atoms with Crippen LogP contribution < -0.4 is 5.43 Å². The number of hydrogen-bond donors (Lipinski definition) is 1. The number of hydrazone groups is 1. The van der Waals surface area contributed by atoms with Crippen LogP contribution in [0.1, 0.15) is 12.5 Å². The van der Waals surface area contributed by atoms with Gasteiger partial charge in [0.15, 0.2) is 6.29 Å². The molecule has 0 fully saturated rings. The van der Waals surface area contributed by atoms with Gasteiger partial charge in [-0.3, -0.25) is 10.2 Å². The molecule has 21 heavy (non-hydrogen) atoms. The number of halogens is 4. The Morgan fingerprint density at radius 3 is 2.57 bits per heavy atom. The molecule has 0 unspecified atom stereocenters. The molecular weight excluding hydrogens is 296 g/mol. The summed E-state index contributed by atoms with van der Waals surface area (Å²) in [5.74, 6) is -2.51. The highest BCUT2D eigenvalue weighted by Gasteiger charge is 2.33. The molecule has 0 saturated heterocycles. The normalized spacial score (nSPS) is 12.0. The van der Waals surface area contributed by atoms with Crippen LogP contribution in [0.25, 0.3) is 0 Å². The molecule has 1 aromatic rings. The molecule has 0 aliphatic carbocycles. The van der Waals surface area contributed by atoms with Gasteiger partial charge in [0.05, 0.1) is 17.9 Å². The molecule has 1 N–H and O–H groups in total. The Balaban J connectivity index is 2.91. The van der Waals surface area contributed by atoms with Crippen molar-refractivity contribution in [1.82, 2.24) is 0 Å². The highest BCUT2D eigenvalue weighted by atomic mass is 19.4. The zero-order chi connectivity index (χ0) is 16.0. The minimum absolute atomic E-state index is 0.0145. The topological polar surface area (TPSA) is 67.8 Å². The number of anilines is 1. The standard InChI is InChI=1S/C12H10F4N2O3/c1-2-21-11(20)10(6-19)18-17-7-3-4-8(9(13)5-7)12(14,15)16/h3-6,17H,2H2,1H3. The first-order chi connectivity index (χ1) is 9.79. The minimum Gasteiger partial charge on any atom is -0.461 e. The van der Waals surface area contributed by atoms with Crippen molar-refractivity contribution in [2.24, 2.45) is 5.10 Å². The van der Waals surface area contributed by atoms with Crippen LogP contribution in [0.15, 0.2) is 23.3 Å². The van der Waals surface area contributed by atoms with Crippen molar-refractivity contribution in [2.75, 3.05) is 12.0 Å². The van der Waals surface area contributed by atoms with E-state index in [-0.39, 0.29) is 18.6 Å². The fourth-order valence-electron chi connectivity index (χ4n) is 1.26. The highest BCUT2D eigenvalue weighted by Crippen LogP contribution is 2.32. The van der Waals surface area contributed by atoms with Crippen LogP contribution in [-0.4, -0.2) is 24.6 Å². The van der Waals surface area contributed by atoms with E-state index in [1.54, 1.807) is 0 Å². The van der Waals surface area contributed by atoms with E-state index in [2.05, 4.69) is 15.3 Å². The summed E-state index contributed by atoms with van der Waals surface area (Å²) in [5.41, 5.74) is -0.120. The summed E-state index contributed by atoms with van der Waals surface area (Å²) in [6.07, 6.45) is -4.71. The molecule has 0 spiro atoms. The average Bonchev–Trinajstić information content (AvgIpc) is 2.38. The van der Waals surface area contributed by atoms with E-state index in [1.165, 1.54) is 6.92 Å². The van der Waals surface area contributed by atoms with Crippen molar-refractivity contribution in [3.63, 3.8) is 0 Å². The SMILES string of the molecule is CCOC(=O)C(C=O)=NNc1ccc(C(F)(F)F)c(F)c1. The second-order valence-electron chi connectivity index (χ2n) is 3.64. The van der Waals surface area contributed by atoms with Gasteiger partial charge in [0.1, 0.15) is 5.82 Å². The van der Waals surface area contributed by atoms with E-state index in [0.717, 1.165) is 6.07 Å². The van der Waals surface area contributed by atoms with E-state index < -0.39 is 29.2 Å². The number of hydrogen-bond acceptors (Lipinski definition) is 5. The Bertz CT molecular complexity index is 570. The lowest BCUT2D eigenvalue weighted by Gasteiger charge is -2.09. The van der Waals surface area contributed by atoms with E-state index in [1.807, 2.05) is 0 Å². The summed E-state index contributed by atoms with van der Waals surface area (Å²) in [4.78, 5) is 21.8. The molecule has 0 amide bonds. The zero-order valence-corrected chi connectivity index (χ0v) is 10.7. The number of ether oxygens (including phenoxy) is 1. The Morgan fingerprint density at radius 2 is 2.10 bits per heavy atom. The molecule has 0 aliphatic rings. The zero-order valence-electron chi connectivity index (χ0n) is 10.7. The molecule has 0 radical (unpaired) electrons. The molecule has 0 aromatic heterocycles. The maximum absolute atomic E-state index is 13.3. The second-order valence-corrected chi connectivity index (χ2v) is 3.64. The van der Waals surface area contributed by atoms with Gasteiger partial charge in [-0.15, -0.1) is 0 Å². The van der Waals surface area contributed by atoms with E-state index in [0.29, 0.717) is 12.1 Å². The van der Waals surface area contributed by atoms with Crippen LogP contribution in [0.2, 0.25) is 0 Å². The second kappa shape index (κ2) is 6.82. The Morgan fingerprint density at radius 1 is 1.43 bits per heavy atom. The number of carbonyl (C=O) groups is 2. The highest BCUT2D eigenvalue weighted by molar-refractivity contribution is 6.58. The van der Waals surface area contributed by atoms with Crippen molar-refractivity contribution in [2.45, 2.75) is 13.1 Å². The summed E-state index contributed by atoms with van der Waals surface area (Å²) in [5, 5.41) is 3.34. The molecule has 0 aliphatic heterocycles. The molecule has 114 valence electrons. The van der Waals surface area contributed by atoms with Crippen LogP contribution in [-0.2, 0) is 20.5 Å². The maximum Gasteiger partial charge on any atom is 0.419 e. The number of nitrogens with one attached hydrogen (secondary N) is 1. The first-order valence-electron chi connectivity index (χ1n) is 5.62. The third-order valence-corrected chi connectivity index (χ3v) is 2.18. The minimum atomic E-state index is -4.81. The fourth-order valence-corrected chi connectivity index (χ4v) is 1.26. The number of alkyl halides is 3. The number of aldehydes is 1. The predicted molar refractivity (Wildman–Crippen MR) is 65.2 cm³/mol. The molecular formula is C12H10F4N2O3. The van der Waals surface area contributed by atoms with Crippen LogP contribution in [0, 0.1) is 5.82 Å². The first-order valence-corrected chi connectivity index (χ1v) is 5.62. The summed E-state index contributed by atoms with van der Waals surface area (Å²) >= 11 is 0. The molecule has 1 rings (SSSR count). The molecule has 9 heteroatoms. The van der Waals surface area contributed by atoms with Gasteiger partial charge in [0, 0.05) is 0 Å². The molecule has 0 saturated carbocycles. The number of esters is 1. The maximum atomic E-state index is 13.3. The monoisotopic (exact) mass is 306 g/mol. The quantitative estimate of drug-likeness (QED) is 0.226. The van der Waals surface area contributed by atoms with Crippen molar-refractivity contribution in [3.8, 4) is 0 Å². The van der Waals surface area contributed by atoms with Gasteiger partial charge >= 0.3 is 12.1 Å². The van der Waals surface area contributed by atoms with Gasteiger partial charge in [-0.25, -0.2) is 9.18 Å². The first kappa shape index (κ1) is 16.6. The Hall–Kier alpha value is -2.45. The lowest BCUT2D eigenvalue weighted by atomic mass is 10.2. The third kappa shape index (κ3) is 4.55. The average molecular weight is 306 g/mol. The Kier molecular flexibility index (Phi) is 5.39. The van der Waals surface area contributed by atoms with Gasteiger partial charge < -0.3 is 4.74 Å². The molecule has 1 aromatic carbocycles. The molecule has 0 heterocycles. The van der Waals surface area contributed by atoms with Gasteiger partial charge in [0.2, 0.25) is 5.71 Å². The summed E-state index contributed by atoms with van der Waals surface area (Å²) in [6.45, 7) is 1.53. The van der Waals surface area contributed by atoms with Crippen molar-refractivity contribution in [3.05, 3.63) is 29.6 Å². The van der Waals surface area contributed by atoms with Crippen LogP contribution in [0.3, 0.4) is 0 Å². The van der Waals surface area contributed by atoms with Gasteiger partial charge in [-0.1, -0.05) is 0 Å². The number of rotatable bonds is 5. The fraction of sp³-hybridized carbons (Fsp3) is 0.250. The van der Waals surface area contributed by atoms with Crippen molar-refractivity contribution in [1.29, 1.82) is 0 Å². The summed E-state index contributed by atoms with van der Waals surface area (Å²) < 4.78 is 54.8. The summed E-state index contributed by atoms with van der Waals surface area (Å²) in [7, 11) is 0. The van der Waals surface area contributed by atoms with E-state index in [4.69, 9.17) is 0 Å². The van der Waals surface area contributed by atoms with Gasteiger partial charge in [0.25, 0.3) is 0 Å². The van der Waals surface area contributed by atoms with E-state index >= 15 is 0 Å². The third-order valence-electron chi connectivity index (χ3n) is 2.18. The number of nitrogens with zero attached hydrogens (tertiary/aromatic N) is 1. The van der Waals surface area contributed by atoms with Gasteiger partial charge in [-0.2, -0.15) is 18.3 Å². The van der Waals surface area contributed by atoms with Crippen molar-refractivity contribution >= 4 is 23.7 Å². The largest absolute Gasteiger partial charge is 0.461 e. The van der Waals surface area contributed by atoms with Crippen LogP contribution in [0.5, 0.6) is 0 Å². The Labute approximate surface area is 116 Å². The predicted octanol–water partition coefficient (Wildman–Crippen LogP) is 2.37.